The molecule has 0 unspecified atom stereocenters. The van der Waals surface area contributed by atoms with Crippen LogP contribution in [-0.4, -0.2) is 42.4 Å². The average molecular weight is 343 g/mol. The number of alkyl halides is 3. The first-order chi connectivity index (χ1) is 9.78. The molecule has 0 bridgehead atoms. The molecule has 0 aliphatic carbocycles. The summed E-state index contributed by atoms with van der Waals surface area (Å²) < 4.78 is 38.6. The Morgan fingerprint density at radius 1 is 1.19 bits per heavy atom. The molecule has 0 aromatic heterocycles. The summed E-state index contributed by atoms with van der Waals surface area (Å²) in [7, 11) is 0. The van der Waals surface area contributed by atoms with Crippen LogP contribution in [0, 0.1) is 0 Å². The first kappa shape index (κ1) is 16.7. The highest BCUT2D eigenvalue weighted by atomic mass is 35.5. The van der Waals surface area contributed by atoms with E-state index in [2.05, 4.69) is 5.32 Å². The van der Waals surface area contributed by atoms with Crippen molar-refractivity contribution in [2.75, 3.05) is 26.2 Å². The van der Waals surface area contributed by atoms with E-state index in [0.29, 0.717) is 31.7 Å². The second-order valence-corrected chi connectivity index (χ2v) is 5.77. The zero-order valence-corrected chi connectivity index (χ0v) is 12.6. The molecule has 1 aromatic carbocycles. The Labute approximate surface area is 130 Å². The van der Waals surface area contributed by atoms with Gasteiger partial charge in [-0.05, 0) is 17.7 Å². The predicted molar refractivity (Wildman–Crippen MR) is 76.0 cm³/mol. The number of halogens is 5. The smallest absolute Gasteiger partial charge is 0.390 e. The molecule has 1 atom stereocenters. The van der Waals surface area contributed by atoms with Crippen LogP contribution >= 0.6 is 23.2 Å². The molecule has 21 heavy (non-hydrogen) atoms. The molecule has 1 heterocycles. The van der Waals surface area contributed by atoms with E-state index in [0.717, 1.165) is 0 Å². The van der Waals surface area contributed by atoms with Gasteiger partial charge in [0.05, 0.1) is 16.5 Å². The fourth-order valence-corrected chi connectivity index (χ4v) is 2.95. The van der Waals surface area contributed by atoms with E-state index in [1.54, 1.807) is 4.90 Å². The molecule has 2 N–H and O–H groups in total. The van der Waals surface area contributed by atoms with Crippen molar-refractivity contribution in [2.24, 2.45) is 0 Å². The number of rotatable bonds is 3. The van der Waals surface area contributed by atoms with Gasteiger partial charge in [-0.2, -0.15) is 13.2 Å². The van der Waals surface area contributed by atoms with Gasteiger partial charge in [-0.1, -0.05) is 23.2 Å². The Hall–Kier alpha value is -0.690. The van der Waals surface area contributed by atoms with Gasteiger partial charge >= 0.3 is 6.18 Å². The molecule has 2 rings (SSSR count). The van der Waals surface area contributed by atoms with Gasteiger partial charge in [0.25, 0.3) is 0 Å². The summed E-state index contributed by atoms with van der Waals surface area (Å²) in [6.45, 7) is 2.29. The maximum absolute atomic E-state index is 12.9. The Morgan fingerprint density at radius 3 is 2.19 bits per heavy atom. The van der Waals surface area contributed by atoms with Gasteiger partial charge in [0.15, 0.2) is 5.75 Å². The van der Waals surface area contributed by atoms with Gasteiger partial charge in [-0.15, -0.1) is 0 Å². The zero-order chi connectivity index (χ0) is 15.6. The fourth-order valence-electron chi connectivity index (χ4n) is 2.45. The number of nitrogens with one attached hydrogen (secondary N) is 1. The number of aromatic hydroxyl groups is 1. The lowest BCUT2D eigenvalue weighted by molar-refractivity contribution is -0.148. The Bertz CT molecular complexity index is 482. The molecule has 1 aliphatic heterocycles. The van der Waals surface area contributed by atoms with Gasteiger partial charge in [0, 0.05) is 32.2 Å². The number of benzene rings is 1. The van der Waals surface area contributed by atoms with Crippen LogP contribution in [0.15, 0.2) is 12.1 Å². The van der Waals surface area contributed by atoms with E-state index in [9.17, 15) is 18.3 Å². The van der Waals surface area contributed by atoms with Crippen molar-refractivity contribution in [2.45, 2.75) is 18.6 Å². The van der Waals surface area contributed by atoms with Crippen molar-refractivity contribution in [1.29, 1.82) is 0 Å². The minimum absolute atomic E-state index is 0.0418. The van der Waals surface area contributed by atoms with Crippen LogP contribution in [0.5, 0.6) is 5.75 Å². The molecule has 118 valence electrons. The van der Waals surface area contributed by atoms with Crippen LogP contribution in [0.1, 0.15) is 18.0 Å². The van der Waals surface area contributed by atoms with Crippen molar-refractivity contribution < 1.29 is 18.3 Å². The highest BCUT2D eigenvalue weighted by molar-refractivity contribution is 6.37. The summed E-state index contributed by atoms with van der Waals surface area (Å²) in [5, 5.41) is 12.6. The highest BCUT2D eigenvalue weighted by Gasteiger charge is 2.36. The fraction of sp³-hybridized carbons (Fsp3) is 0.538. The largest absolute Gasteiger partial charge is 0.505 e. The number of hydrogen-bond acceptors (Lipinski definition) is 3. The van der Waals surface area contributed by atoms with Gasteiger partial charge in [-0.25, -0.2) is 0 Å². The molecular weight excluding hydrogens is 328 g/mol. The minimum atomic E-state index is -4.30. The van der Waals surface area contributed by atoms with Crippen molar-refractivity contribution in [1.82, 2.24) is 10.2 Å². The highest BCUT2D eigenvalue weighted by Crippen LogP contribution is 2.39. The van der Waals surface area contributed by atoms with Crippen LogP contribution in [-0.2, 0) is 0 Å². The van der Waals surface area contributed by atoms with Gasteiger partial charge in [0.2, 0.25) is 0 Å². The predicted octanol–water partition coefficient (Wildman–Crippen LogP) is 3.60. The Kier molecular flexibility index (Phi) is 5.24. The van der Waals surface area contributed by atoms with Crippen LogP contribution in [0.2, 0.25) is 10.0 Å². The molecule has 0 spiro atoms. The van der Waals surface area contributed by atoms with Crippen molar-refractivity contribution in [3.8, 4) is 5.75 Å². The second-order valence-electron chi connectivity index (χ2n) is 4.95. The van der Waals surface area contributed by atoms with Gasteiger partial charge < -0.3 is 10.4 Å². The van der Waals surface area contributed by atoms with Crippen molar-refractivity contribution >= 4 is 23.2 Å². The molecule has 0 saturated carbocycles. The summed E-state index contributed by atoms with van der Waals surface area (Å²) in [5.41, 5.74) is 0.363. The third-order valence-corrected chi connectivity index (χ3v) is 4.02. The molecule has 1 saturated heterocycles. The quantitative estimate of drug-likeness (QED) is 0.880. The molecule has 1 aromatic rings. The molecule has 0 amide bonds. The maximum Gasteiger partial charge on any atom is 0.390 e. The number of phenolic OH excluding ortho intramolecular Hbond substituents is 1. The summed E-state index contributed by atoms with van der Waals surface area (Å²) in [4.78, 5) is 1.75. The molecule has 1 aliphatic rings. The lowest BCUT2D eigenvalue weighted by Crippen LogP contribution is -2.46. The summed E-state index contributed by atoms with van der Waals surface area (Å²) in [6.07, 6.45) is -5.28. The molecule has 8 heteroatoms. The molecule has 1 fully saturated rings. The molecule has 0 radical (unpaired) electrons. The minimum Gasteiger partial charge on any atom is -0.505 e. The number of phenols is 1. The van der Waals surface area contributed by atoms with Crippen LogP contribution in [0.3, 0.4) is 0 Å². The summed E-state index contributed by atoms with van der Waals surface area (Å²) >= 11 is 11.7. The third-order valence-electron chi connectivity index (χ3n) is 3.44. The zero-order valence-electron chi connectivity index (χ0n) is 11.1. The third kappa shape index (κ3) is 4.39. The number of nitrogens with zero attached hydrogens (tertiary/aromatic N) is 1. The number of piperazine rings is 1. The SMILES string of the molecule is Oc1c(Cl)cc([C@@H](CC(F)(F)F)N2CCNCC2)cc1Cl. The Morgan fingerprint density at radius 2 is 1.71 bits per heavy atom. The van der Waals surface area contributed by atoms with Crippen molar-refractivity contribution in [3.05, 3.63) is 27.7 Å². The van der Waals surface area contributed by atoms with Crippen molar-refractivity contribution in [3.63, 3.8) is 0 Å². The van der Waals surface area contributed by atoms with E-state index in [4.69, 9.17) is 23.2 Å². The van der Waals surface area contributed by atoms with Crippen LogP contribution in [0.4, 0.5) is 13.2 Å². The standard InChI is InChI=1S/C13H15Cl2F3N2O/c14-9-5-8(6-10(15)12(9)21)11(7-13(16,17)18)20-3-1-19-2-4-20/h5-6,11,19,21H,1-4,7H2/t11-/m1/s1. The normalized spacial score (nSPS) is 18.7. The average Bonchev–Trinajstić information content (AvgIpc) is 2.41. The van der Waals surface area contributed by atoms with E-state index < -0.39 is 18.6 Å². The second kappa shape index (κ2) is 6.60. The van der Waals surface area contributed by atoms with Crippen LogP contribution in [0.25, 0.3) is 0 Å². The van der Waals surface area contributed by atoms with E-state index in [-0.39, 0.29) is 15.8 Å². The monoisotopic (exact) mass is 342 g/mol. The summed E-state index contributed by atoms with van der Waals surface area (Å²) in [6, 6.07) is 1.84. The lowest BCUT2D eigenvalue weighted by atomic mass is 10.0. The first-order valence-corrected chi connectivity index (χ1v) is 7.23. The van der Waals surface area contributed by atoms with Gasteiger partial charge in [-0.3, -0.25) is 4.90 Å². The lowest BCUT2D eigenvalue weighted by Gasteiger charge is -2.35. The van der Waals surface area contributed by atoms with Gasteiger partial charge in [0.1, 0.15) is 0 Å². The summed E-state index contributed by atoms with van der Waals surface area (Å²) in [5.74, 6) is -0.312. The Balaban J connectivity index is 2.34. The first-order valence-electron chi connectivity index (χ1n) is 6.47. The van der Waals surface area contributed by atoms with E-state index in [1.807, 2.05) is 0 Å². The molecular formula is C13H15Cl2F3N2O. The van der Waals surface area contributed by atoms with E-state index in [1.165, 1.54) is 12.1 Å². The topological polar surface area (TPSA) is 35.5 Å². The van der Waals surface area contributed by atoms with E-state index >= 15 is 0 Å². The molecule has 3 nitrogen and oxygen atoms in total. The van der Waals surface area contributed by atoms with Crippen LogP contribution < -0.4 is 5.32 Å². The number of hydrogen-bond donors (Lipinski definition) is 2. The maximum atomic E-state index is 12.9.